The van der Waals surface area contributed by atoms with E-state index >= 15 is 0 Å². The van der Waals surface area contributed by atoms with Gasteiger partial charge in [0.1, 0.15) is 5.82 Å². The van der Waals surface area contributed by atoms with Crippen molar-refractivity contribution in [1.29, 1.82) is 0 Å². The summed E-state index contributed by atoms with van der Waals surface area (Å²) in [7, 11) is 0. The third kappa shape index (κ3) is 4.43. The molecule has 2 rings (SSSR count). The van der Waals surface area contributed by atoms with Gasteiger partial charge >= 0.3 is 0 Å². The van der Waals surface area contributed by atoms with Crippen molar-refractivity contribution in [1.82, 2.24) is 4.90 Å². The van der Waals surface area contributed by atoms with Gasteiger partial charge in [0.25, 0.3) is 0 Å². The fourth-order valence-corrected chi connectivity index (χ4v) is 2.94. The lowest BCUT2D eigenvalue weighted by Gasteiger charge is -2.35. The van der Waals surface area contributed by atoms with Gasteiger partial charge in [0.2, 0.25) is 5.91 Å². The molecule has 116 valence electrons. The van der Waals surface area contributed by atoms with E-state index in [0.29, 0.717) is 18.3 Å². The molecule has 1 aliphatic rings. The van der Waals surface area contributed by atoms with Crippen molar-refractivity contribution in [2.24, 2.45) is 0 Å². The van der Waals surface area contributed by atoms with Crippen molar-refractivity contribution in [2.75, 3.05) is 24.1 Å². The molecule has 0 aliphatic carbocycles. The number of nitrogens with two attached hydrogens (primary N) is 1. The molecule has 1 fully saturated rings. The molecule has 1 saturated heterocycles. The van der Waals surface area contributed by atoms with Crippen LogP contribution < -0.4 is 11.1 Å². The maximum Gasteiger partial charge on any atom is 0.238 e. The average Bonchev–Trinajstić information content (AvgIpc) is 2.45. The first-order chi connectivity index (χ1) is 10.1. The van der Waals surface area contributed by atoms with Gasteiger partial charge in [-0.2, -0.15) is 0 Å². The number of carbonyl (C=O) groups excluding carboxylic acids is 1. The highest BCUT2D eigenvalue weighted by molar-refractivity contribution is 5.92. The van der Waals surface area contributed by atoms with Crippen LogP contribution in [-0.4, -0.2) is 29.9 Å². The van der Waals surface area contributed by atoms with Gasteiger partial charge in [-0.25, -0.2) is 4.39 Å². The molecule has 0 spiro atoms. The largest absolute Gasteiger partial charge is 0.399 e. The van der Waals surface area contributed by atoms with Gasteiger partial charge < -0.3 is 11.1 Å². The van der Waals surface area contributed by atoms with Crippen molar-refractivity contribution >= 4 is 17.3 Å². The Morgan fingerprint density at radius 2 is 2.29 bits per heavy atom. The van der Waals surface area contributed by atoms with Gasteiger partial charge in [-0.15, -0.1) is 0 Å². The monoisotopic (exact) mass is 293 g/mol. The normalized spacial score (nSPS) is 19.4. The number of likely N-dealkylation sites (tertiary alicyclic amines) is 1. The molecular formula is C16H24FN3O. The highest BCUT2D eigenvalue weighted by atomic mass is 19.1. The molecule has 1 heterocycles. The van der Waals surface area contributed by atoms with Crippen LogP contribution in [0.2, 0.25) is 0 Å². The van der Waals surface area contributed by atoms with E-state index in [1.807, 2.05) is 0 Å². The van der Waals surface area contributed by atoms with Gasteiger partial charge in [0.05, 0.1) is 12.2 Å². The second kappa shape index (κ2) is 7.41. The first kappa shape index (κ1) is 15.8. The van der Waals surface area contributed by atoms with Gasteiger partial charge in [0, 0.05) is 11.7 Å². The third-order valence-electron chi connectivity index (χ3n) is 3.98. The van der Waals surface area contributed by atoms with E-state index in [9.17, 15) is 9.18 Å². The first-order valence-corrected chi connectivity index (χ1v) is 7.69. The van der Waals surface area contributed by atoms with Crippen LogP contribution >= 0.6 is 0 Å². The maximum absolute atomic E-state index is 13.6. The summed E-state index contributed by atoms with van der Waals surface area (Å²) in [6.07, 6.45) is 5.73. The van der Waals surface area contributed by atoms with Crippen LogP contribution in [0.4, 0.5) is 15.8 Å². The number of anilines is 2. The van der Waals surface area contributed by atoms with E-state index in [1.165, 1.54) is 24.6 Å². The Morgan fingerprint density at radius 3 is 3.05 bits per heavy atom. The lowest BCUT2D eigenvalue weighted by Crippen LogP contribution is -2.43. The van der Waals surface area contributed by atoms with Gasteiger partial charge in [-0.1, -0.05) is 19.8 Å². The Bertz CT molecular complexity index is 490. The lowest BCUT2D eigenvalue weighted by molar-refractivity contribution is -0.118. The second-order valence-corrected chi connectivity index (χ2v) is 5.70. The number of carbonyl (C=O) groups is 1. The second-order valence-electron chi connectivity index (χ2n) is 5.70. The van der Waals surface area contributed by atoms with Crippen molar-refractivity contribution < 1.29 is 9.18 Å². The number of hydrogen-bond donors (Lipinski definition) is 2. The third-order valence-corrected chi connectivity index (χ3v) is 3.98. The van der Waals surface area contributed by atoms with Crippen LogP contribution in [0.15, 0.2) is 18.2 Å². The molecule has 1 unspecified atom stereocenters. The Morgan fingerprint density at radius 1 is 1.48 bits per heavy atom. The topological polar surface area (TPSA) is 58.4 Å². The number of rotatable bonds is 5. The number of hydrogen-bond acceptors (Lipinski definition) is 3. The Hall–Kier alpha value is -1.62. The molecule has 21 heavy (non-hydrogen) atoms. The number of nitrogens with zero attached hydrogens (tertiary/aromatic N) is 1. The maximum atomic E-state index is 13.6. The molecule has 1 amide bonds. The summed E-state index contributed by atoms with van der Waals surface area (Å²) in [5, 5.41) is 2.63. The molecule has 5 heteroatoms. The molecule has 3 N–H and O–H groups in total. The van der Waals surface area contributed by atoms with Crippen LogP contribution in [0, 0.1) is 5.82 Å². The van der Waals surface area contributed by atoms with E-state index in [1.54, 1.807) is 0 Å². The molecule has 4 nitrogen and oxygen atoms in total. The zero-order valence-corrected chi connectivity index (χ0v) is 12.6. The molecule has 1 aliphatic heterocycles. The summed E-state index contributed by atoms with van der Waals surface area (Å²) >= 11 is 0. The lowest BCUT2D eigenvalue weighted by atomic mass is 9.98. The fourth-order valence-electron chi connectivity index (χ4n) is 2.94. The predicted molar refractivity (Wildman–Crippen MR) is 83.6 cm³/mol. The summed E-state index contributed by atoms with van der Waals surface area (Å²) < 4.78 is 13.6. The number of amides is 1. The van der Waals surface area contributed by atoms with E-state index in [2.05, 4.69) is 17.1 Å². The quantitative estimate of drug-likeness (QED) is 0.821. The van der Waals surface area contributed by atoms with Crippen molar-refractivity contribution in [3.8, 4) is 0 Å². The summed E-state index contributed by atoms with van der Waals surface area (Å²) in [6, 6.07) is 4.67. The minimum Gasteiger partial charge on any atom is -0.399 e. The Labute approximate surface area is 125 Å². The number of piperidine rings is 1. The molecule has 1 aromatic carbocycles. The molecule has 0 aromatic heterocycles. The molecule has 0 bridgehead atoms. The number of nitrogen functional groups attached to an aromatic ring is 1. The zero-order valence-electron chi connectivity index (χ0n) is 12.6. The smallest absolute Gasteiger partial charge is 0.238 e. The number of nitrogens with one attached hydrogen (secondary N) is 1. The molecule has 1 atom stereocenters. The highest BCUT2D eigenvalue weighted by Gasteiger charge is 2.23. The van der Waals surface area contributed by atoms with Gasteiger partial charge in [-0.3, -0.25) is 9.69 Å². The van der Waals surface area contributed by atoms with Gasteiger partial charge in [-0.05, 0) is 44.0 Å². The summed E-state index contributed by atoms with van der Waals surface area (Å²) in [5.74, 6) is -0.635. The summed E-state index contributed by atoms with van der Waals surface area (Å²) in [6.45, 7) is 3.42. The molecular weight excluding hydrogens is 269 g/mol. The van der Waals surface area contributed by atoms with Crippen LogP contribution in [0.25, 0.3) is 0 Å². The minimum atomic E-state index is -0.457. The zero-order chi connectivity index (χ0) is 15.2. The number of benzene rings is 1. The van der Waals surface area contributed by atoms with Crippen LogP contribution in [-0.2, 0) is 4.79 Å². The SMILES string of the molecule is CCCC1CCCCN1CC(=O)Nc1cc(N)ccc1F. The van der Waals surface area contributed by atoms with Crippen molar-refractivity contribution in [3.63, 3.8) is 0 Å². The van der Waals surface area contributed by atoms with Crippen LogP contribution in [0.5, 0.6) is 0 Å². The molecule has 0 saturated carbocycles. The first-order valence-electron chi connectivity index (χ1n) is 7.69. The minimum absolute atomic E-state index is 0.157. The highest BCUT2D eigenvalue weighted by Crippen LogP contribution is 2.21. The van der Waals surface area contributed by atoms with E-state index in [0.717, 1.165) is 32.2 Å². The van der Waals surface area contributed by atoms with Crippen molar-refractivity contribution in [3.05, 3.63) is 24.0 Å². The predicted octanol–water partition coefficient (Wildman–Crippen LogP) is 3.00. The van der Waals surface area contributed by atoms with Crippen molar-refractivity contribution in [2.45, 2.75) is 45.1 Å². The standard InChI is InChI=1S/C16H24FN3O/c1-2-5-13-6-3-4-9-20(13)11-16(21)19-15-10-12(18)7-8-14(15)17/h7-8,10,13H,2-6,9,11,18H2,1H3,(H,19,21). The molecule has 0 radical (unpaired) electrons. The average molecular weight is 293 g/mol. The van der Waals surface area contributed by atoms with Crippen LogP contribution in [0.1, 0.15) is 39.0 Å². The van der Waals surface area contributed by atoms with Gasteiger partial charge in [0.15, 0.2) is 0 Å². The summed E-state index contributed by atoms with van der Waals surface area (Å²) in [4.78, 5) is 14.3. The van der Waals surface area contributed by atoms with Crippen LogP contribution in [0.3, 0.4) is 0 Å². The fraction of sp³-hybridized carbons (Fsp3) is 0.562. The Kier molecular flexibility index (Phi) is 5.56. The molecule has 1 aromatic rings. The van der Waals surface area contributed by atoms with E-state index < -0.39 is 5.82 Å². The summed E-state index contributed by atoms with van der Waals surface area (Å²) in [5.41, 5.74) is 6.22. The number of halogens is 1. The Balaban J connectivity index is 1.95. The van der Waals surface area contributed by atoms with E-state index in [-0.39, 0.29) is 11.6 Å². The van der Waals surface area contributed by atoms with E-state index in [4.69, 9.17) is 5.73 Å².